The van der Waals surface area contributed by atoms with Crippen LogP contribution in [0.25, 0.3) is 0 Å². The molecule has 13 heteroatoms. The molecule has 22 atom stereocenters. The molecule has 8 aliphatic rings. The molecule has 298 valence electrons. The van der Waals surface area contributed by atoms with Crippen molar-refractivity contribution >= 4 is 0 Å². The average molecular weight is 741 g/mol. The Morgan fingerprint density at radius 2 is 1.37 bits per heavy atom. The zero-order valence-electron chi connectivity index (χ0n) is 31.2. The molecule has 0 aromatic carbocycles. The van der Waals surface area contributed by atoms with Gasteiger partial charge in [-0.2, -0.15) is 0 Å². The fourth-order valence-corrected chi connectivity index (χ4v) is 13.2. The van der Waals surface area contributed by atoms with Crippen molar-refractivity contribution in [2.24, 2.45) is 52.3 Å². The predicted octanol–water partition coefficient (Wildman–Crippen LogP) is 1.44. The molecular formula is C39H64O13. The standard InChI is InChI=1S/C39H64O13/c1-18-7-12-39(47-17-18)19(2)28-25(52-39)14-24-22-6-5-20-13-21(8-10-37(20,3)23(22)9-11-38(24,28)4)48-36-34(32(45)30(43)27(16-41)50-36)51-35-33(46)31(44)29(42)26(15-40)49-35/h18-36,40-46H,5-17H2,1-4H3/t18-,19-,20+,21-,22+,23-,24-,25-,26+,27+,28-,29+,30-,31-,32-,33+,34+,35-,36+,37-,38-,39-/m0/s1. The molecule has 52 heavy (non-hydrogen) atoms. The van der Waals surface area contributed by atoms with Gasteiger partial charge in [0.2, 0.25) is 0 Å². The van der Waals surface area contributed by atoms with Crippen LogP contribution in [0.2, 0.25) is 0 Å². The van der Waals surface area contributed by atoms with E-state index in [0.29, 0.717) is 41.4 Å². The van der Waals surface area contributed by atoms with E-state index in [4.69, 9.17) is 28.4 Å². The molecule has 4 aliphatic carbocycles. The Morgan fingerprint density at radius 3 is 2.06 bits per heavy atom. The first-order valence-electron chi connectivity index (χ1n) is 20.3. The number of rotatable bonds is 6. The SMILES string of the molecule is C[C@H]1CC[C@]2(OC1)O[C@H]1C[C@H]3[C@@H]4CC[C@@H]5C[C@@H](O[C@@H]6O[C@H](CO)[C@H](O)[C@H](O)[C@H]6O[C@@H]6O[C@H](CO)[C@@H](O)[C@H](O)[C@H]6O)CC[C@]5(C)[C@H]4CC[C@]3(C)[C@H]1[C@@H]2C. The van der Waals surface area contributed by atoms with Crippen LogP contribution >= 0.6 is 0 Å². The number of aliphatic hydroxyl groups is 7. The Balaban J connectivity index is 0.942. The lowest BCUT2D eigenvalue weighted by atomic mass is 9.44. The Labute approximate surface area is 307 Å². The highest BCUT2D eigenvalue weighted by atomic mass is 16.8. The Morgan fingerprint density at radius 1 is 0.673 bits per heavy atom. The molecule has 0 radical (unpaired) electrons. The van der Waals surface area contributed by atoms with Crippen molar-refractivity contribution in [3.05, 3.63) is 0 Å². The maximum atomic E-state index is 11.1. The Hall–Kier alpha value is -0.520. The van der Waals surface area contributed by atoms with Gasteiger partial charge in [0.15, 0.2) is 18.4 Å². The van der Waals surface area contributed by atoms with Gasteiger partial charge in [-0.25, -0.2) is 0 Å². The molecule has 4 aliphatic heterocycles. The van der Waals surface area contributed by atoms with Gasteiger partial charge in [0, 0.05) is 12.3 Å². The highest BCUT2D eigenvalue weighted by Crippen LogP contribution is 2.71. The maximum absolute atomic E-state index is 11.1. The zero-order valence-corrected chi connectivity index (χ0v) is 31.2. The van der Waals surface area contributed by atoms with Crippen molar-refractivity contribution in [3.8, 4) is 0 Å². The highest BCUT2D eigenvalue weighted by Gasteiger charge is 2.69. The average Bonchev–Trinajstić information content (AvgIpc) is 3.58. The van der Waals surface area contributed by atoms with E-state index in [9.17, 15) is 35.7 Å². The van der Waals surface area contributed by atoms with Gasteiger partial charge in [-0.15, -0.1) is 0 Å². The van der Waals surface area contributed by atoms with Gasteiger partial charge in [0.25, 0.3) is 0 Å². The van der Waals surface area contributed by atoms with Crippen molar-refractivity contribution in [2.45, 2.75) is 171 Å². The van der Waals surface area contributed by atoms with Crippen LogP contribution in [0.3, 0.4) is 0 Å². The van der Waals surface area contributed by atoms with Crippen LogP contribution in [0.1, 0.15) is 91.9 Å². The minimum atomic E-state index is -1.71. The smallest absolute Gasteiger partial charge is 0.187 e. The first-order valence-corrected chi connectivity index (χ1v) is 20.3. The third-order valence-corrected chi connectivity index (χ3v) is 16.2. The monoisotopic (exact) mass is 740 g/mol. The normalized spacial score (nSPS) is 59.0. The van der Waals surface area contributed by atoms with E-state index in [1.54, 1.807) is 0 Å². The van der Waals surface area contributed by atoms with E-state index in [-0.39, 0.29) is 23.0 Å². The van der Waals surface area contributed by atoms with Gasteiger partial charge in [0.1, 0.15) is 48.8 Å². The Bertz CT molecular complexity index is 1260. The molecule has 0 aromatic rings. The number of fused-ring (bicyclic) bond motifs is 7. The number of aliphatic hydroxyl groups excluding tert-OH is 7. The van der Waals surface area contributed by atoms with E-state index >= 15 is 0 Å². The first-order chi connectivity index (χ1) is 24.7. The molecule has 8 fully saturated rings. The van der Waals surface area contributed by atoms with Gasteiger partial charge in [-0.3, -0.25) is 0 Å². The van der Waals surface area contributed by atoms with E-state index in [2.05, 4.69) is 27.7 Å². The van der Waals surface area contributed by atoms with E-state index in [1.807, 2.05) is 0 Å². The number of hydrogen-bond acceptors (Lipinski definition) is 13. The predicted molar refractivity (Wildman–Crippen MR) is 183 cm³/mol. The Kier molecular flexibility index (Phi) is 10.4. The summed E-state index contributed by atoms with van der Waals surface area (Å²) < 4.78 is 37.5. The van der Waals surface area contributed by atoms with Gasteiger partial charge in [-0.1, -0.05) is 27.7 Å². The second-order valence-corrected chi connectivity index (χ2v) is 18.7. The molecule has 7 N–H and O–H groups in total. The zero-order chi connectivity index (χ0) is 36.9. The van der Waals surface area contributed by atoms with Gasteiger partial charge < -0.3 is 64.2 Å². The summed E-state index contributed by atoms with van der Waals surface area (Å²) in [7, 11) is 0. The third-order valence-electron chi connectivity index (χ3n) is 16.2. The van der Waals surface area contributed by atoms with Crippen LogP contribution in [0.5, 0.6) is 0 Å². The summed E-state index contributed by atoms with van der Waals surface area (Å²) in [6.07, 6.45) is -3.88. The van der Waals surface area contributed by atoms with Gasteiger partial charge in [-0.05, 0) is 104 Å². The molecule has 0 amide bonds. The number of hydrogen-bond donors (Lipinski definition) is 7. The van der Waals surface area contributed by atoms with Crippen LogP contribution in [0, 0.1) is 52.3 Å². The number of ether oxygens (including phenoxy) is 6. The van der Waals surface area contributed by atoms with Crippen molar-refractivity contribution in [1.29, 1.82) is 0 Å². The summed E-state index contributed by atoms with van der Waals surface area (Å²) in [5, 5.41) is 72.7. The lowest BCUT2D eigenvalue weighted by Gasteiger charge is -2.61. The second-order valence-electron chi connectivity index (χ2n) is 18.7. The molecule has 4 heterocycles. The van der Waals surface area contributed by atoms with Crippen LogP contribution in [-0.4, -0.2) is 135 Å². The summed E-state index contributed by atoms with van der Waals surface area (Å²) in [5.74, 6) is 3.51. The molecule has 0 bridgehead atoms. The van der Waals surface area contributed by atoms with Crippen LogP contribution in [0.15, 0.2) is 0 Å². The largest absolute Gasteiger partial charge is 0.394 e. The molecule has 0 aromatic heterocycles. The lowest BCUT2D eigenvalue weighted by molar-refractivity contribution is -0.373. The van der Waals surface area contributed by atoms with E-state index in [0.717, 1.165) is 45.1 Å². The first kappa shape index (κ1) is 38.4. The fraction of sp³-hybridized carbons (Fsp3) is 1.00. The van der Waals surface area contributed by atoms with Crippen molar-refractivity contribution < 1.29 is 64.2 Å². The van der Waals surface area contributed by atoms with Crippen molar-refractivity contribution in [1.82, 2.24) is 0 Å². The topological polar surface area (TPSA) is 197 Å². The molecule has 4 saturated carbocycles. The molecule has 1 spiro atoms. The quantitative estimate of drug-likeness (QED) is 0.194. The summed E-state index contributed by atoms with van der Waals surface area (Å²) in [6.45, 7) is 9.33. The summed E-state index contributed by atoms with van der Waals surface area (Å²) in [5.41, 5.74) is 0.425. The molecule has 13 nitrogen and oxygen atoms in total. The van der Waals surface area contributed by atoms with E-state index < -0.39 is 80.4 Å². The minimum Gasteiger partial charge on any atom is -0.394 e. The fourth-order valence-electron chi connectivity index (χ4n) is 13.2. The van der Waals surface area contributed by atoms with Crippen molar-refractivity contribution in [3.63, 3.8) is 0 Å². The second kappa shape index (κ2) is 14.1. The van der Waals surface area contributed by atoms with Gasteiger partial charge in [0.05, 0.1) is 32.0 Å². The molecule has 4 saturated heterocycles. The van der Waals surface area contributed by atoms with Gasteiger partial charge >= 0.3 is 0 Å². The minimum absolute atomic E-state index is 0.168. The van der Waals surface area contributed by atoms with E-state index in [1.165, 1.54) is 25.7 Å². The summed E-state index contributed by atoms with van der Waals surface area (Å²) in [6, 6.07) is 0. The molecule has 0 unspecified atom stereocenters. The highest BCUT2D eigenvalue weighted by molar-refractivity contribution is 5.15. The molecular weight excluding hydrogens is 676 g/mol. The third kappa shape index (κ3) is 5.98. The van der Waals surface area contributed by atoms with Crippen LogP contribution < -0.4 is 0 Å². The summed E-state index contributed by atoms with van der Waals surface area (Å²) >= 11 is 0. The molecule has 8 rings (SSSR count). The maximum Gasteiger partial charge on any atom is 0.187 e. The van der Waals surface area contributed by atoms with Crippen LogP contribution in [-0.2, 0) is 28.4 Å². The lowest BCUT2D eigenvalue weighted by Crippen LogP contribution is -2.65. The van der Waals surface area contributed by atoms with Crippen LogP contribution in [0.4, 0.5) is 0 Å². The summed E-state index contributed by atoms with van der Waals surface area (Å²) in [4.78, 5) is 0. The van der Waals surface area contributed by atoms with Crippen molar-refractivity contribution in [2.75, 3.05) is 19.8 Å².